The minimum absolute atomic E-state index is 0.0929. The average Bonchev–Trinajstić information content (AvgIpc) is 2.61. The maximum atomic E-state index is 12.2. The fourth-order valence-corrected chi connectivity index (χ4v) is 3.03. The zero-order valence-electron chi connectivity index (χ0n) is 14.4. The molecule has 1 aliphatic rings. The number of methoxy groups -OCH3 is 1. The number of hydrogen-bond acceptors (Lipinski definition) is 5. The van der Waals surface area contributed by atoms with Gasteiger partial charge in [0, 0.05) is 12.1 Å². The van der Waals surface area contributed by atoms with E-state index in [0.717, 1.165) is 39.3 Å². The lowest BCUT2D eigenvalue weighted by molar-refractivity contribution is -1.01. The van der Waals surface area contributed by atoms with Crippen molar-refractivity contribution in [2.45, 2.75) is 6.42 Å². The summed E-state index contributed by atoms with van der Waals surface area (Å²) in [6, 6.07) is 4.12. The molecule has 0 radical (unpaired) electrons. The Hall–Kier alpha value is -2.23. The zero-order valence-corrected chi connectivity index (χ0v) is 14.4. The Bertz CT molecular complexity index is 602. The predicted molar refractivity (Wildman–Crippen MR) is 91.1 cm³/mol. The van der Waals surface area contributed by atoms with Crippen LogP contribution in [0.4, 0.5) is 11.4 Å². The van der Waals surface area contributed by atoms with Crippen molar-refractivity contribution in [3.05, 3.63) is 28.3 Å². The number of anilines is 1. The third-order valence-electron chi connectivity index (χ3n) is 4.50. The highest BCUT2D eigenvalue weighted by atomic mass is 16.6. The molecule has 0 aliphatic carbocycles. The van der Waals surface area contributed by atoms with Crippen molar-refractivity contribution in [1.82, 2.24) is 0 Å². The SMILES string of the molecule is COc1ccc([N+](=O)[O-])cc1NC(=O)CC[NH+]1CC[NH+](CCO)CC1. The van der Waals surface area contributed by atoms with Gasteiger partial charge in [0.05, 0.1) is 37.3 Å². The molecule has 0 unspecified atom stereocenters. The second kappa shape index (κ2) is 9.30. The van der Waals surface area contributed by atoms with Crippen molar-refractivity contribution in [3.63, 3.8) is 0 Å². The molecule has 138 valence electrons. The number of carbonyl (C=O) groups excluding carboxylic acids is 1. The summed E-state index contributed by atoms with van der Waals surface area (Å²) < 4.78 is 5.14. The Labute approximate surface area is 146 Å². The van der Waals surface area contributed by atoms with E-state index in [1.807, 2.05) is 0 Å². The summed E-state index contributed by atoms with van der Waals surface area (Å²) in [5.41, 5.74) is 0.221. The normalized spacial score (nSPS) is 20.1. The molecule has 1 aromatic rings. The summed E-state index contributed by atoms with van der Waals surface area (Å²) >= 11 is 0. The molecule has 25 heavy (non-hydrogen) atoms. The van der Waals surface area contributed by atoms with Gasteiger partial charge in [-0.05, 0) is 6.07 Å². The number of carbonyl (C=O) groups is 1. The van der Waals surface area contributed by atoms with Gasteiger partial charge in [-0.15, -0.1) is 0 Å². The number of piperazine rings is 1. The number of aliphatic hydroxyl groups excluding tert-OH is 1. The molecule has 0 bridgehead atoms. The second-order valence-electron chi connectivity index (χ2n) is 6.16. The molecule has 0 aromatic heterocycles. The van der Waals surface area contributed by atoms with Gasteiger partial charge < -0.3 is 25.0 Å². The van der Waals surface area contributed by atoms with Crippen molar-refractivity contribution >= 4 is 17.3 Å². The lowest BCUT2D eigenvalue weighted by atomic mass is 10.2. The molecule has 9 nitrogen and oxygen atoms in total. The summed E-state index contributed by atoms with van der Waals surface area (Å²) in [6.45, 7) is 5.64. The largest absolute Gasteiger partial charge is 0.495 e. The molecular weight excluding hydrogens is 328 g/mol. The highest BCUT2D eigenvalue weighted by molar-refractivity contribution is 5.92. The molecule has 1 fully saturated rings. The van der Waals surface area contributed by atoms with Crippen LogP contribution >= 0.6 is 0 Å². The van der Waals surface area contributed by atoms with Gasteiger partial charge in [0.25, 0.3) is 5.69 Å². The van der Waals surface area contributed by atoms with Crippen molar-refractivity contribution < 1.29 is 29.4 Å². The Kier molecular flexibility index (Phi) is 7.11. The van der Waals surface area contributed by atoms with E-state index >= 15 is 0 Å². The van der Waals surface area contributed by atoms with Gasteiger partial charge in [-0.25, -0.2) is 0 Å². The highest BCUT2D eigenvalue weighted by Gasteiger charge is 2.23. The van der Waals surface area contributed by atoms with Gasteiger partial charge in [0.15, 0.2) is 0 Å². The van der Waals surface area contributed by atoms with E-state index in [4.69, 9.17) is 9.84 Å². The molecule has 0 spiro atoms. The van der Waals surface area contributed by atoms with Crippen LogP contribution < -0.4 is 19.9 Å². The third kappa shape index (κ3) is 5.66. The monoisotopic (exact) mass is 354 g/mol. The van der Waals surface area contributed by atoms with Crippen LogP contribution in [0.15, 0.2) is 18.2 Å². The van der Waals surface area contributed by atoms with E-state index in [1.54, 1.807) is 0 Å². The van der Waals surface area contributed by atoms with Crippen LogP contribution in [0.25, 0.3) is 0 Å². The number of hydrogen-bond donors (Lipinski definition) is 4. The first-order valence-electron chi connectivity index (χ1n) is 8.43. The maximum Gasteiger partial charge on any atom is 0.271 e. The number of amides is 1. The molecule has 4 N–H and O–H groups in total. The summed E-state index contributed by atoms with van der Waals surface area (Å²) in [7, 11) is 1.45. The van der Waals surface area contributed by atoms with E-state index in [2.05, 4.69) is 5.32 Å². The molecule has 0 saturated carbocycles. The minimum atomic E-state index is -0.507. The van der Waals surface area contributed by atoms with E-state index in [-0.39, 0.29) is 18.2 Å². The summed E-state index contributed by atoms with van der Waals surface area (Å²) in [5.74, 6) is 0.212. The Morgan fingerprint density at radius 1 is 1.28 bits per heavy atom. The maximum absolute atomic E-state index is 12.2. The van der Waals surface area contributed by atoms with Gasteiger partial charge in [0.1, 0.15) is 38.5 Å². The number of nitro groups is 1. The molecule has 1 aromatic carbocycles. The highest BCUT2D eigenvalue weighted by Crippen LogP contribution is 2.28. The van der Waals surface area contributed by atoms with Crippen LogP contribution in [0.3, 0.4) is 0 Å². The summed E-state index contributed by atoms with van der Waals surface area (Å²) in [6.07, 6.45) is 0.344. The van der Waals surface area contributed by atoms with Crippen LogP contribution in [0.5, 0.6) is 5.75 Å². The van der Waals surface area contributed by atoms with Crippen LogP contribution in [-0.4, -0.2) is 68.9 Å². The molecule has 2 rings (SSSR count). The molecule has 0 atom stereocenters. The molecule has 1 saturated heterocycles. The quantitative estimate of drug-likeness (QED) is 0.310. The first-order chi connectivity index (χ1) is 12.0. The number of ether oxygens (including phenoxy) is 1. The standard InChI is InChI=1S/C16H24N4O5/c1-25-15-3-2-13(20(23)24)12-14(15)17-16(22)4-5-18-6-8-19(9-7-18)10-11-21/h2-3,12,21H,4-11H2,1H3,(H,17,22)/p+2. The molecule has 1 heterocycles. The van der Waals surface area contributed by atoms with Gasteiger partial charge >= 0.3 is 0 Å². The van der Waals surface area contributed by atoms with E-state index in [9.17, 15) is 14.9 Å². The topological polar surface area (TPSA) is 111 Å². The van der Waals surface area contributed by atoms with Crippen LogP contribution in [-0.2, 0) is 4.79 Å². The van der Waals surface area contributed by atoms with E-state index < -0.39 is 4.92 Å². The van der Waals surface area contributed by atoms with Crippen molar-refractivity contribution in [2.24, 2.45) is 0 Å². The molecular formula is C16H26N4O5+2. The first-order valence-corrected chi connectivity index (χ1v) is 8.43. The van der Waals surface area contributed by atoms with Gasteiger partial charge in [0.2, 0.25) is 5.91 Å². The number of non-ortho nitro benzene ring substituents is 1. The third-order valence-corrected chi connectivity index (χ3v) is 4.50. The van der Waals surface area contributed by atoms with Gasteiger partial charge in [-0.1, -0.05) is 0 Å². The average molecular weight is 354 g/mol. The Balaban J connectivity index is 1.84. The Morgan fingerprint density at radius 2 is 1.92 bits per heavy atom. The first kappa shape index (κ1) is 19.1. The number of nitro benzene ring substituents is 1. The smallest absolute Gasteiger partial charge is 0.271 e. The lowest BCUT2D eigenvalue weighted by Gasteiger charge is -2.29. The van der Waals surface area contributed by atoms with E-state index in [1.165, 1.54) is 35.1 Å². The lowest BCUT2D eigenvalue weighted by Crippen LogP contribution is -3.28. The van der Waals surface area contributed by atoms with Gasteiger partial charge in [-0.3, -0.25) is 14.9 Å². The Morgan fingerprint density at radius 3 is 2.48 bits per heavy atom. The molecule has 1 aliphatic heterocycles. The van der Waals surface area contributed by atoms with Crippen molar-refractivity contribution in [2.75, 3.05) is 58.3 Å². The number of benzene rings is 1. The van der Waals surface area contributed by atoms with Crippen molar-refractivity contribution in [1.29, 1.82) is 0 Å². The number of aliphatic hydroxyl groups is 1. The molecule has 9 heteroatoms. The molecule has 1 amide bonds. The van der Waals surface area contributed by atoms with Crippen LogP contribution in [0.1, 0.15) is 6.42 Å². The van der Waals surface area contributed by atoms with Crippen LogP contribution in [0.2, 0.25) is 0 Å². The zero-order chi connectivity index (χ0) is 18.2. The fraction of sp³-hybridized carbons (Fsp3) is 0.562. The second-order valence-corrected chi connectivity index (χ2v) is 6.16. The number of rotatable bonds is 8. The predicted octanol–water partition coefficient (Wildman–Crippen LogP) is -2.29. The number of quaternary nitrogens is 2. The van der Waals surface area contributed by atoms with Gasteiger partial charge in [-0.2, -0.15) is 0 Å². The number of nitrogens with one attached hydrogen (secondary N) is 3. The fourth-order valence-electron chi connectivity index (χ4n) is 3.03. The van der Waals surface area contributed by atoms with E-state index in [0.29, 0.717) is 17.9 Å². The van der Waals surface area contributed by atoms with Crippen LogP contribution in [0, 0.1) is 10.1 Å². The van der Waals surface area contributed by atoms with Crippen molar-refractivity contribution in [3.8, 4) is 5.75 Å². The number of nitrogens with zero attached hydrogens (tertiary/aromatic N) is 1. The summed E-state index contributed by atoms with van der Waals surface area (Å²) in [4.78, 5) is 25.3. The summed E-state index contributed by atoms with van der Waals surface area (Å²) in [5, 5.41) is 22.5. The minimum Gasteiger partial charge on any atom is -0.495 e.